The minimum atomic E-state index is -0.132. The molecule has 0 bridgehead atoms. The number of aromatic nitrogens is 1. The predicted molar refractivity (Wildman–Crippen MR) is 106 cm³/mol. The summed E-state index contributed by atoms with van der Waals surface area (Å²) in [5, 5.41) is 0.576. The fraction of sp³-hybridized carbons (Fsp3) is 0.263. The lowest BCUT2D eigenvalue weighted by Crippen LogP contribution is -2.27. The summed E-state index contributed by atoms with van der Waals surface area (Å²) in [6.45, 7) is 2.55. The number of anilines is 1. The largest absolute Gasteiger partial charge is 0.497 e. The average molecular weight is 386 g/mol. The van der Waals surface area contributed by atoms with Gasteiger partial charge in [0, 0.05) is 5.56 Å². The smallest absolute Gasteiger partial charge is 0.240 e. The molecule has 134 valence electrons. The lowest BCUT2D eigenvalue weighted by atomic mass is 10.2. The number of thioether (sulfide) groups is 1. The molecule has 5 nitrogen and oxygen atoms in total. The van der Waals surface area contributed by atoms with Crippen LogP contribution in [0.1, 0.15) is 17.9 Å². The summed E-state index contributed by atoms with van der Waals surface area (Å²) in [6, 6.07) is 13.6. The monoisotopic (exact) mass is 386 g/mol. The van der Waals surface area contributed by atoms with E-state index in [-0.39, 0.29) is 11.3 Å². The number of rotatable bonds is 5. The summed E-state index contributed by atoms with van der Waals surface area (Å²) in [5.41, 5.74) is 1.87. The molecular formula is C19H18N2O3S2. The number of methoxy groups -OCH3 is 1. The van der Waals surface area contributed by atoms with Gasteiger partial charge in [-0.05, 0) is 31.2 Å². The van der Waals surface area contributed by atoms with Crippen LogP contribution in [0.25, 0.3) is 10.2 Å². The molecule has 0 aliphatic carbocycles. The van der Waals surface area contributed by atoms with Crippen molar-refractivity contribution in [1.82, 2.24) is 4.98 Å². The van der Waals surface area contributed by atoms with Gasteiger partial charge < -0.3 is 9.47 Å². The summed E-state index contributed by atoms with van der Waals surface area (Å²) < 4.78 is 12.1. The van der Waals surface area contributed by atoms with Crippen molar-refractivity contribution in [2.45, 2.75) is 12.3 Å². The quantitative estimate of drug-likeness (QED) is 0.647. The molecule has 2 aromatic carbocycles. The van der Waals surface area contributed by atoms with Crippen LogP contribution in [0.5, 0.6) is 11.5 Å². The first kappa shape index (κ1) is 17.2. The molecule has 1 aliphatic rings. The highest BCUT2D eigenvalue weighted by molar-refractivity contribution is 8.00. The third-order valence-corrected chi connectivity index (χ3v) is 6.35. The van der Waals surface area contributed by atoms with Gasteiger partial charge in [-0.2, -0.15) is 0 Å². The first-order chi connectivity index (χ1) is 12.7. The highest BCUT2D eigenvalue weighted by Crippen LogP contribution is 2.46. The van der Waals surface area contributed by atoms with E-state index in [0.717, 1.165) is 27.3 Å². The van der Waals surface area contributed by atoms with E-state index in [1.54, 1.807) is 23.8 Å². The number of nitrogens with zero attached hydrogens (tertiary/aromatic N) is 2. The highest BCUT2D eigenvalue weighted by atomic mass is 32.2. The van der Waals surface area contributed by atoms with Crippen molar-refractivity contribution in [2.24, 2.45) is 0 Å². The van der Waals surface area contributed by atoms with Gasteiger partial charge in [-0.3, -0.25) is 9.69 Å². The summed E-state index contributed by atoms with van der Waals surface area (Å²) in [4.78, 5) is 19.1. The topological polar surface area (TPSA) is 51.7 Å². The second kappa shape index (κ2) is 7.17. The number of fused-ring (bicyclic) bond motifs is 1. The molecule has 1 atom stereocenters. The van der Waals surface area contributed by atoms with Crippen LogP contribution in [0.15, 0.2) is 42.5 Å². The molecule has 1 aliphatic heterocycles. The van der Waals surface area contributed by atoms with Crippen LogP contribution in [-0.4, -0.2) is 30.4 Å². The second-order valence-electron chi connectivity index (χ2n) is 5.73. The molecule has 7 heteroatoms. The van der Waals surface area contributed by atoms with Crippen LogP contribution < -0.4 is 14.4 Å². The predicted octanol–water partition coefficient (Wildman–Crippen LogP) is 4.48. The molecule has 0 radical (unpaired) electrons. The molecular weight excluding hydrogens is 368 g/mol. The molecule has 0 unspecified atom stereocenters. The zero-order chi connectivity index (χ0) is 18.1. The number of ether oxygens (including phenoxy) is 2. The van der Waals surface area contributed by atoms with Crippen molar-refractivity contribution < 1.29 is 14.3 Å². The minimum absolute atomic E-state index is 0.0670. The van der Waals surface area contributed by atoms with E-state index in [4.69, 9.17) is 9.47 Å². The van der Waals surface area contributed by atoms with E-state index in [9.17, 15) is 4.79 Å². The van der Waals surface area contributed by atoms with Gasteiger partial charge >= 0.3 is 0 Å². The normalized spacial score (nSPS) is 17.1. The Hall–Kier alpha value is -2.25. The number of hydrogen-bond donors (Lipinski definition) is 0. The van der Waals surface area contributed by atoms with Crippen LogP contribution in [0, 0.1) is 0 Å². The van der Waals surface area contributed by atoms with Gasteiger partial charge in [0.1, 0.15) is 16.9 Å². The van der Waals surface area contributed by atoms with E-state index in [0.29, 0.717) is 17.5 Å². The molecule has 1 amide bonds. The molecule has 0 saturated carbocycles. The number of carbonyl (C=O) groups is 1. The summed E-state index contributed by atoms with van der Waals surface area (Å²) in [6.07, 6.45) is 0. The number of hydrogen-bond acceptors (Lipinski definition) is 6. The molecule has 26 heavy (non-hydrogen) atoms. The van der Waals surface area contributed by atoms with E-state index in [1.807, 2.05) is 49.4 Å². The third kappa shape index (κ3) is 3.01. The van der Waals surface area contributed by atoms with Crippen LogP contribution in [0.2, 0.25) is 0 Å². The molecule has 2 heterocycles. The highest BCUT2D eigenvalue weighted by Gasteiger charge is 2.37. The van der Waals surface area contributed by atoms with Gasteiger partial charge in [-0.15, -0.1) is 11.8 Å². The molecule has 1 aromatic heterocycles. The maximum absolute atomic E-state index is 12.6. The van der Waals surface area contributed by atoms with Crippen molar-refractivity contribution in [2.75, 3.05) is 24.4 Å². The van der Waals surface area contributed by atoms with Gasteiger partial charge in [0.05, 0.1) is 29.7 Å². The Balaban J connectivity index is 1.75. The van der Waals surface area contributed by atoms with Crippen molar-refractivity contribution in [1.29, 1.82) is 0 Å². The molecule has 0 N–H and O–H groups in total. The molecule has 1 saturated heterocycles. The lowest BCUT2D eigenvalue weighted by Gasteiger charge is -2.23. The lowest BCUT2D eigenvalue weighted by molar-refractivity contribution is -0.115. The summed E-state index contributed by atoms with van der Waals surface area (Å²) in [7, 11) is 1.64. The second-order valence-corrected chi connectivity index (χ2v) is 7.81. The first-order valence-corrected chi connectivity index (χ1v) is 10.2. The number of para-hydroxylation sites is 1. The van der Waals surface area contributed by atoms with Gasteiger partial charge in [-0.25, -0.2) is 4.98 Å². The number of amides is 1. The van der Waals surface area contributed by atoms with Crippen molar-refractivity contribution >= 4 is 44.4 Å². The van der Waals surface area contributed by atoms with E-state index in [1.165, 1.54) is 11.3 Å². The average Bonchev–Trinajstić information content (AvgIpc) is 3.24. The van der Waals surface area contributed by atoms with Crippen LogP contribution in [0.4, 0.5) is 5.13 Å². The minimum Gasteiger partial charge on any atom is -0.497 e. The number of benzene rings is 2. The van der Waals surface area contributed by atoms with Crippen LogP contribution in [0.3, 0.4) is 0 Å². The maximum Gasteiger partial charge on any atom is 0.240 e. The van der Waals surface area contributed by atoms with Crippen LogP contribution in [-0.2, 0) is 4.79 Å². The zero-order valence-corrected chi connectivity index (χ0v) is 16.1. The Labute approximate surface area is 159 Å². The fourth-order valence-electron chi connectivity index (χ4n) is 2.96. The van der Waals surface area contributed by atoms with Crippen LogP contribution >= 0.6 is 23.1 Å². The van der Waals surface area contributed by atoms with Crippen molar-refractivity contribution in [3.63, 3.8) is 0 Å². The van der Waals surface area contributed by atoms with E-state index < -0.39 is 0 Å². The molecule has 3 aromatic rings. The third-order valence-electron chi connectivity index (χ3n) is 4.14. The maximum atomic E-state index is 12.6. The molecule has 1 fully saturated rings. The Morgan fingerprint density at radius 1 is 1.27 bits per heavy atom. The van der Waals surface area contributed by atoms with Crippen molar-refractivity contribution in [3.05, 3.63) is 48.0 Å². The standard InChI is InChI=1S/C19H18N2O3S2/c1-3-24-15-7-5-4-6-13(15)18-21(17(22)11-25-18)19-20-14-9-8-12(23-2)10-16(14)26-19/h4-10,18H,3,11H2,1-2H3/t18-/m1/s1. The van der Waals surface area contributed by atoms with Gasteiger partial charge in [0.2, 0.25) is 5.91 Å². The SMILES string of the molecule is CCOc1ccccc1[C@H]1SCC(=O)N1c1nc2ccc(OC)cc2s1. The zero-order valence-electron chi connectivity index (χ0n) is 14.5. The Morgan fingerprint density at radius 3 is 2.92 bits per heavy atom. The number of thiazole rings is 1. The summed E-state index contributed by atoms with van der Waals surface area (Å²) in [5.74, 6) is 2.10. The van der Waals surface area contributed by atoms with Gasteiger partial charge in [0.25, 0.3) is 0 Å². The first-order valence-electron chi connectivity index (χ1n) is 8.31. The summed E-state index contributed by atoms with van der Waals surface area (Å²) >= 11 is 3.11. The number of carbonyl (C=O) groups excluding carboxylic acids is 1. The Kier molecular flexibility index (Phi) is 4.74. The van der Waals surface area contributed by atoms with Gasteiger partial charge in [-0.1, -0.05) is 29.5 Å². The molecule has 4 rings (SSSR count). The Morgan fingerprint density at radius 2 is 2.12 bits per heavy atom. The molecule has 0 spiro atoms. The van der Waals surface area contributed by atoms with Gasteiger partial charge in [0.15, 0.2) is 5.13 Å². The van der Waals surface area contributed by atoms with E-state index in [2.05, 4.69) is 4.98 Å². The Bertz CT molecular complexity index is 957. The van der Waals surface area contributed by atoms with E-state index >= 15 is 0 Å². The van der Waals surface area contributed by atoms with Crippen molar-refractivity contribution in [3.8, 4) is 11.5 Å². The fourth-order valence-corrected chi connectivity index (χ4v) is 5.24.